The summed E-state index contributed by atoms with van der Waals surface area (Å²) in [5, 5.41) is 10.4. The third kappa shape index (κ3) is 2.33. The number of hydrogen-bond acceptors (Lipinski definition) is 3. The van der Waals surface area contributed by atoms with E-state index in [4.69, 9.17) is 5.21 Å². The van der Waals surface area contributed by atoms with Gasteiger partial charge >= 0.3 is 0 Å². The van der Waals surface area contributed by atoms with Gasteiger partial charge in [-0.05, 0) is 15.9 Å². The van der Waals surface area contributed by atoms with Gasteiger partial charge in [0.1, 0.15) is 0 Å². The van der Waals surface area contributed by atoms with Crippen molar-refractivity contribution in [2.45, 2.75) is 6.92 Å². The van der Waals surface area contributed by atoms with Crippen molar-refractivity contribution in [3.05, 3.63) is 0 Å². The first kappa shape index (κ1) is 6.62. The first-order chi connectivity index (χ1) is 3.18. The van der Waals surface area contributed by atoms with Crippen LogP contribution in [-0.4, -0.2) is 15.6 Å². The fraction of sp³-hybridized carbons (Fsp3) is 0.333. The highest BCUT2D eigenvalue weighted by Crippen LogP contribution is 1.87. The first-order valence-electron chi connectivity index (χ1n) is 1.57. The number of carbonyl (C=O) groups excluding carboxylic acids is 1. The molecule has 0 atom stereocenters. The first-order valence-corrected chi connectivity index (χ1v) is 2.36. The molecule has 0 saturated heterocycles. The minimum atomic E-state index is -0.289. The van der Waals surface area contributed by atoms with E-state index >= 15 is 0 Å². The van der Waals surface area contributed by atoms with Crippen molar-refractivity contribution in [2.75, 3.05) is 0 Å². The van der Waals surface area contributed by atoms with Crippen LogP contribution in [0, 0.1) is 0 Å². The fourth-order valence-electron chi connectivity index (χ4n) is 0.0704. The number of rotatable bonds is 1. The highest BCUT2D eigenvalue weighted by molar-refractivity contribution is 9.19. The Balaban J connectivity index is 3.82. The molecule has 0 aromatic carbocycles. The number of nitrogens with zero attached hydrogens (tertiary/aromatic N) is 1. The largest absolute Gasteiger partial charge is 0.410 e. The van der Waals surface area contributed by atoms with Gasteiger partial charge in [-0.15, -0.1) is 0 Å². The van der Waals surface area contributed by atoms with Gasteiger partial charge in [0.25, 0.3) is 0 Å². The lowest BCUT2D eigenvalue weighted by Crippen LogP contribution is -1.98. The molecule has 0 radical (unpaired) electrons. The molecular formula is C3H4BrNO2. The van der Waals surface area contributed by atoms with Crippen molar-refractivity contribution in [1.29, 1.82) is 0 Å². The summed E-state index contributed by atoms with van der Waals surface area (Å²) >= 11 is 2.69. The molecule has 0 fully saturated rings. The number of carbonyl (C=O) groups is 1. The predicted molar refractivity (Wildman–Crippen MR) is 28.8 cm³/mol. The van der Waals surface area contributed by atoms with Gasteiger partial charge in [-0.1, -0.05) is 5.16 Å². The summed E-state index contributed by atoms with van der Waals surface area (Å²) in [6.45, 7) is 1.30. The Morgan fingerprint density at radius 2 is 2.29 bits per heavy atom. The van der Waals surface area contributed by atoms with Gasteiger partial charge in [-0.3, -0.25) is 4.79 Å². The quantitative estimate of drug-likeness (QED) is 0.355. The van der Waals surface area contributed by atoms with Gasteiger partial charge in [0, 0.05) is 6.92 Å². The van der Waals surface area contributed by atoms with E-state index in [0.29, 0.717) is 0 Å². The molecule has 0 unspecified atom stereocenters. The van der Waals surface area contributed by atoms with Crippen LogP contribution >= 0.6 is 15.9 Å². The van der Waals surface area contributed by atoms with E-state index in [1.54, 1.807) is 0 Å². The van der Waals surface area contributed by atoms with Crippen LogP contribution in [0.15, 0.2) is 5.16 Å². The van der Waals surface area contributed by atoms with Crippen LogP contribution in [0.4, 0.5) is 0 Å². The summed E-state index contributed by atoms with van der Waals surface area (Å²) < 4.78 is -0.0486. The third-order valence-electron chi connectivity index (χ3n) is 0.378. The van der Waals surface area contributed by atoms with Gasteiger partial charge in [-0.25, -0.2) is 0 Å². The van der Waals surface area contributed by atoms with Crippen molar-refractivity contribution < 1.29 is 10.0 Å². The van der Waals surface area contributed by atoms with Crippen LogP contribution in [-0.2, 0) is 4.79 Å². The monoisotopic (exact) mass is 165 g/mol. The Hall–Kier alpha value is -0.380. The molecule has 0 amide bonds. The molecule has 0 heterocycles. The molecule has 0 saturated carbocycles. The molecule has 0 bridgehead atoms. The number of ketones is 1. The smallest absolute Gasteiger partial charge is 0.188 e. The average molecular weight is 166 g/mol. The molecule has 4 heteroatoms. The second-order valence-electron chi connectivity index (χ2n) is 0.947. The normalized spacial score (nSPS) is 11.4. The third-order valence-corrected chi connectivity index (χ3v) is 1.10. The topological polar surface area (TPSA) is 49.7 Å². The molecule has 40 valence electrons. The predicted octanol–water partition coefficient (Wildman–Crippen LogP) is 0.758. The van der Waals surface area contributed by atoms with Crippen molar-refractivity contribution in [1.82, 2.24) is 0 Å². The van der Waals surface area contributed by atoms with Gasteiger partial charge in [0.15, 0.2) is 10.4 Å². The molecule has 0 aromatic heterocycles. The average Bonchev–Trinajstić information content (AvgIpc) is 1.65. The lowest BCUT2D eigenvalue weighted by Gasteiger charge is -1.79. The zero-order valence-corrected chi connectivity index (χ0v) is 5.27. The fourth-order valence-corrected chi connectivity index (χ4v) is 0.0704. The van der Waals surface area contributed by atoms with Crippen LogP contribution in [0.1, 0.15) is 6.92 Å². The van der Waals surface area contributed by atoms with E-state index in [0.717, 1.165) is 0 Å². The molecular weight excluding hydrogens is 162 g/mol. The van der Waals surface area contributed by atoms with E-state index in [-0.39, 0.29) is 10.4 Å². The number of halogens is 1. The van der Waals surface area contributed by atoms with Gasteiger partial charge < -0.3 is 5.21 Å². The van der Waals surface area contributed by atoms with Crippen molar-refractivity contribution in [2.24, 2.45) is 5.16 Å². The van der Waals surface area contributed by atoms with Gasteiger partial charge in [0.2, 0.25) is 0 Å². The number of hydrogen-bond donors (Lipinski definition) is 1. The minimum absolute atomic E-state index is 0.0486. The van der Waals surface area contributed by atoms with Crippen molar-refractivity contribution in [3.8, 4) is 0 Å². The Kier molecular flexibility index (Phi) is 2.59. The van der Waals surface area contributed by atoms with Crippen LogP contribution in [0.5, 0.6) is 0 Å². The van der Waals surface area contributed by atoms with Crippen LogP contribution in [0.25, 0.3) is 0 Å². The minimum Gasteiger partial charge on any atom is -0.410 e. The Labute approximate surface area is 49.1 Å². The maximum Gasteiger partial charge on any atom is 0.188 e. The van der Waals surface area contributed by atoms with Crippen LogP contribution in [0.3, 0.4) is 0 Å². The zero-order valence-electron chi connectivity index (χ0n) is 3.68. The van der Waals surface area contributed by atoms with Gasteiger partial charge in [0.05, 0.1) is 0 Å². The summed E-state index contributed by atoms with van der Waals surface area (Å²) in [6, 6.07) is 0. The Morgan fingerprint density at radius 1 is 1.86 bits per heavy atom. The summed E-state index contributed by atoms with van der Waals surface area (Å²) in [6.07, 6.45) is 0. The van der Waals surface area contributed by atoms with Crippen molar-refractivity contribution >= 4 is 26.3 Å². The molecule has 3 nitrogen and oxygen atoms in total. The van der Waals surface area contributed by atoms with Crippen LogP contribution in [0.2, 0.25) is 0 Å². The zero-order chi connectivity index (χ0) is 5.86. The summed E-state index contributed by atoms with van der Waals surface area (Å²) in [5.74, 6) is -0.289. The molecule has 0 rings (SSSR count). The standard InChI is InChI=1S/C3H4BrNO2/c1-2(6)3(4)5-7/h7H,1H3. The van der Waals surface area contributed by atoms with E-state index in [1.165, 1.54) is 6.92 Å². The summed E-state index contributed by atoms with van der Waals surface area (Å²) in [7, 11) is 0. The highest BCUT2D eigenvalue weighted by Gasteiger charge is 1.96. The second-order valence-corrected chi connectivity index (χ2v) is 1.70. The molecule has 7 heavy (non-hydrogen) atoms. The SMILES string of the molecule is CC(=O)C(Br)=NO. The van der Waals surface area contributed by atoms with E-state index in [9.17, 15) is 4.79 Å². The van der Waals surface area contributed by atoms with E-state index in [2.05, 4.69) is 21.1 Å². The molecule has 0 aliphatic carbocycles. The molecule has 0 aliphatic heterocycles. The number of Topliss-reactive ketones (excluding diaryl/α,β-unsaturated/α-hetero) is 1. The lowest BCUT2D eigenvalue weighted by atomic mass is 10.5. The lowest BCUT2D eigenvalue weighted by molar-refractivity contribution is -0.110. The Morgan fingerprint density at radius 3 is 2.29 bits per heavy atom. The second kappa shape index (κ2) is 2.74. The Bertz CT molecular complexity index is 110. The highest BCUT2D eigenvalue weighted by atomic mass is 79.9. The van der Waals surface area contributed by atoms with Crippen LogP contribution < -0.4 is 0 Å². The van der Waals surface area contributed by atoms with E-state index in [1.807, 2.05) is 0 Å². The van der Waals surface area contributed by atoms with Gasteiger partial charge in [-0.2, -0.15) is 0 Å². The maximum atomic E-state index is 10.0. The summed E-state index contributed by atoms with van der Waals surface area (Å²) in [4.78, 5) is 10.0. The van der Waals surface area contributed by atoms with Crippen molar-refractivity contribution in [3.63, 3.8) is 0 Å². The molecule has 0 spiro atoms. The maximum absolute atomic E-state index is 10.0. The van der Waals surface area contributed by atoms with E-state index < -0.39 is 0 Å². The molecule has 0 aromatic rings. The summed E-state index contributed by atoms with van der Waals surface area (Å²) in [5.41, 5.74) is 0. The molecule has 0 aliphatic rings. The number of oxime groups is 1. The molecule has 1 N–H and O–H groups in total.